The zero-order valence-electron chi connectivity index (χ0n) is 14.4. The second-order valence-corrected chi connectivity index (χ2v) is 6.61. The lowest BCUT2D eigenvalue weighted by atomic mass is 10.1. The molecule has 1 aliphatic heterocycles. The van der Waals surface area contributed by atoms with Gasteiger partial charge in [0.05, 0.1) is 17.1 Å². The molecule has 0 unspecified atom stereocenters. The number of carbonyl (C=O) groups is 1. The van der Waals surface area contributed by atoms with Crippen LogP contribution in [0.15, 0.2) is 42.7 Å². The van der Waals surface area contributed by atoms with Gasteiger partial charge >= 0.3 is 0 Å². The standard InChI is InChI=1S/C19H21N5O/c1-13-9-10-24(22-13)17-6-3-15(4-7-17)19(25)21-16-5-8-18-20-14(2)11-23(18)12-16/h3-4,6-7,9-11,16H,5,8,12H2,1-2H3,(H,21,25)/t16-/m0/s1. The number of imidazole rings is 1. The molecule has 0 saturated carbocycles. The van der Waals surface area contributed by atoms with E-state index in [1.165, 1.54) is 0 Å². The molecular weight excluding hydrogens is 314 g/mol. The summed E-state index contributed by atoms with van der Waals surface area (Å²) in [5, 5.41) is 7.52. The number of nitrogens with zero attached hydrogens (tertiary/aromatic N) is 4. The Kier molecular flexibility index (Phi) is 3.87. The number of rotatable bonds is 3. The van der Waals surface area contributed by atoms with Gasteiger partial charge in [0, 0.05) is 37.0 Å². The number of nitrogens with one attached hydrogen (secondary N) is 1. The highest BCUT2D eigenvalue weighted by Crippen LogP contribution is 2.16. The van der Waals surface area contributed by atoms with Crippen LogP contribution in [0.1, 0.15) is 34.0 Å². The van der Waals surface area contributed by atoms with Crippen molar-refractivity contribution in [1.82, 2.24) is 24.6 Å². The average molecular weight is 335 g/mol. The molecule has 0 radical (unpaired) electrons. The Morgan fingerprint density at radius 3 is 2.68 bits per heavy atom. The molecule has 2 aromatic heterocycles. The lowest BCUT2D eigenvalue weighted by molar-refractivity contribution is 0.0927. The van der Waals surface area contributed by atoms with Crippen molar-refractivity contribution in [2.45, 2.75) is 39.3 Å². The van der Waals surface area contributed by atoms with Gasteiger partial charge in [-0.3, -0.25) is 4.79 Å². The SMILES string of the molecule is Cc1cn2c(n1)CC[C@H](NC(=O)c1ccc(-n3ccc(C)n3)cc1)C2. The van der Waals surface area contributed by atoms with Crippen LogP contribution in [0.2, 0.25) is 0 Å². The fourth-order valence-electron chi connectivity index (χ4n) is 3.30. The van der Waals surface area contributed by atoms with E-state index in [0.29, 0.717) is 5.56 Å². The summed E-state index contributed by atoms with van der Waals surface area (Å²) < 4.78 is 3.95. The van der Waals surface area contributed by atoms with E-state index in [2.05, 4.69) is 26.2 Å². The molecule has 25 heavy (non-hydrogen) atoms. The number of aromatic nitrogens is 4. The van der Waals surface area contributed by atoms with Crippen LogP contribution in [0.3, 0.4) is 0 Å². The lowest BCUT2D eigenvalue weighted by Gasteiger charge is -2.24. The second-order valence-electron chi connectivity index (χ2n) is 6.61. The molecule has 3 aromatic rings. The first-order valence-electron chi connectivity index (χ1n) is 8.55. The van der Waals surface area contributed by atoms with Gasteiger partial charge in [0.15, 0.2) is 0 Å². The van der Waals surface area contributed by atoms with E-state index in [0.717, 1.165) is 42.3 Å². The van der Waals surface area contributed by atoms with Crippen molar-refractivity contribution < 1.29 is 4.79 Å². The number of hydrogen-bond donors (Lipinski definition) is 1. The molecule has 0 fully saturated rings. The summed E-state index contributed by atoms with van der Waals surface area (Å²) in [7, 11) is 0. The van der Waals surface area contributed by atoms with Crippen molar-refractivity contribution in [3.05, 3.63) is 65.5 Å². The first-order chi connectivity index (χ1) is 12.1. The van der Waals surface area contributed by atoms with E-state index in [1.54, 1.807) is 4.68 Å². The molecule has 0 bridgehead atoms. The van der Waals surface area contributed by atoms with Crippen molar-refractivity contribution in [3.63, 3.8) is 0 Å². The van der Waals surface area contributed by atoms with Crippen LogP contribution in [0.5, 0.6) is 0 Å². The molecule has 0 aliphatic carbocycles. The van der Waals surface area contributed by atoms with Crippen LogP contribution >= 0.6 is 0 Å². The Labute approximate surface area is 146 Å². The normalized spacial score (nSPS) is 16.5. The molecule has 1 N–H and O–H groups in total. The van der Waals surface area contributed by atoms with Gasteiger partial charge in [-0.15, -0.1) is 0 Å². The maximum Gasteiger partial charge on any atom is 0.251 e. The molecule has 0 spiro atoms. The maximum atomic E-state index is 12.5. The molecule has 1 aliphatic rings. The van der Waals surface area contributed by atoms with Gasteiger partial charge in [-0.05, 0) is 50.6 Å². The summed E-state index contributed by atoms with van der Waals surface area (Å²) in [4.78, 5) is 17.0. The third-order valence-corrected chi connectivity index (χ3v) is 4.56. The number of amides is 1. The minimum Gasteiger partial charge on any atom is -0.347 e. The van der Waals surface area contributed by atoms with Crippen molar-refractivity contribution in [1.29, 1.82) is 0 Å². The van der Waals surface area contributed by atoms with Crippen LogP contribution in [-0.4, -0.2) is 31.3 Å². The highest BCUT2D eigenvalue weighted by molar-refractivity contribution is 5.94. The van der Waals surface area contributed by atoms with Crippen LogP contribution in [0.4, 0.5) is 0 Å². The number of carbonyl (C=O) groups excluding carboxylic acids is 1. The number of aryl methyl sites for hydroxylation is 3. The highest BCUT2D eigenvalue weighted by atomic mass is 16.1. The van der Waals surface area contributed by atoms with Gasteiger partial charge in [-0.1, -0.05) is 0 Å². The van der Waals surface area contributed by atoms with Crippen molar-refractivity contribution in [3.8, 4) is 5.69 Å². The smallest absolute Gasteiger partial charge is 0.251 e. The molecule has 6 nitrogen and oxygen atoms in total. The van der Waals surface area contributed by atoms with E-state index < -0.39 is 0 Å². The second kappa shape index (κ2) is 6.20. The summed E-state index contributed by atoms with van der Waals surface area (Å²) >= 11 is 0. The van der Waals surface area contributed by atoms with Crippen LogP contribution in [-0.2, 0) is 13.0 Å². The fourth-order valence-corrected chi connectivity index (χ4v) is 3.30. The van der Waals surface area contributed by atoms with Crippen LogP contribution in [0, 0.1) is 13.8 Å². The van der Waals surface area contributed by atoms with E-state index in [9.17, 15) is 4.79 Å². The van der Waals surface area contributed by atoms with Crippen LogP contribution < -0.4 is 5.32 Å². The fraction of sp³-hybridized carbons (Fsp3) is 0.316. The van der Waals surface area contributed by atoms with Crippen molar-refractivity contribution in [2.24, 2.45) is 0 Å². The number of fused-ring (bicyclic) bond motifs is 1. The van der Waals surface area contributed by atoms with Gasteiger partial charge in [0.25, 0.3) is 5.91 Å². The molecule has 1 amide bonds. The van der Waals surface area contributed by atoms with Gasteiger partial charge in [0.1, 0.15) is 5.82 Å². The van der Waals surface area contributed by atoms with E-state index in [1.807, 2.05) is 50.4 Å². The monoisotopic (exact) mass is 335 g/mol. The summed E-state index contributed by atoms with van der Waals surface area (Å²) in [5.41, 5.74) is 3.61. The quantitative estimate of drug-likeness (QED) is 0.799. The molecule has 128 valence electrons. The van der Waals surface area contributed by atoms with Crippen molar-refractivity contribution >= 4 is 5.91 Å². The molecule has 0 saturated heterocycles. The Bertz CT molecular complexity index is 906. The molecule has 4 rings (SSSR count). The predicted octanol–water partition coefficient (Wildman–Crippen LogP) is 2.43. The minimum absolute atomic E-state index is 0.0338. The number of hydrogen-bond acceptors (Lipinski definition) is 3. The maximum absolute atomic E-state index is 12.5. The lowest BCUT2D eigenvalue weighted by Crippen LogP contribution is -2.40. The molecule has 1 aromatic carbocycles. The summed E-state index contributed by atoms with van der Waals surface area (Å²) in [6.07, 6.45) is 5.79. The first kappa shape index (κ1) is 15.6. The first-order valence-corrected chi connectivity index (χ1v) is 8.55. The zero-order chi connectivity index (χ0) is 17.4. The third kappa shape index (κ3) is 3.20. The zero-order valence-corrected chi connectivity index (χ0v) is 14.4. The van der Waals surface area contributed by atoms with Gasteiger partial charge in [0.2, 0.25) is 0 Å². The van der Waals surface area contributed by atoms with E-state index in [-0.39, 0.29) is 11.9 Å². The molecule has 6 heteroatoms. The Morgan fingerprint density at radius 1 is 1.16 bits per heavy atom. The highest BCUT2D eigenvalue weighted by Gasteiger charge is 2.21. The van der Waals surface area contributed by atoms with Crippen LogP contribution in [0.25, 0.3) is 5.69 Å². The van der Waals surface area contributed by atoms with Crippen molar-refractivity contribution in [2.75, 3.05) is 0 Å². The summed E-state index contributed by atoms with van der Waals surface area (Å²) in [6, 6.07) is 9.62. The van der Waals surface area contributed by atoms with Gasteiger partial charge in [-0.2, -0.15) is 5.10 Å². The Balaban J connectivity index is 1.43. The third-order valence-electron chi connectivity index (χ3n) is 4.56. The predicted molar refractivity (Wildman–Crippen MR) is 94.8 cm³/mol. The Morgan fingerprint density at radius 2 is 1.96 bits per heavy atom. The molecule has 3 heterocycles. The minimum atomic E-state index is -0.0338. The largest absolute Gasteiger partial charge is 0.347 e. The average Bonchev–Trinajstić information content (AvgIpc) is 3.19. The molecular formula is C19H21N5O. The topological polar surface area (TPSA) is 64.7 Å². The van der Waals surface area contributed by atoms with E-state index >= 15 is 0 Å². The van der Waals surface area contributed by atoms with E-state index in [4.69, 9.17) is 0 Å². The Hall–Kier alpha value is -2.89. The summed E-state index contributed by atoms with van der Waals surface area (Å²) in [5.74, 6) is 1.08. The molecule has 1 atom stereocenters. The van der Waals surface area contributed by atoms with Gasteiger partial charge < -0.3 is 9.88 Å². The van der Waals surface area contributed by atoms with Gasteiger partial charge in [-0.25, -0.2) is 9.67 Å². The number of benzene rings is 1. The summed E-state index contributed by atoms with van der Waals surface area (Å²) in [6.45, 7) is 4.74.